The minimum absolute atomic E-state index is 0.104. The molecule has 0 aliphatic heterocycles. The Kier molecular flexibility index (Phi) is 8.36. The molecule has 0 saturated heterocycles. The molecule has 0 bridgehead atoms. The Bertz CT molecular complexity index is 1440. The molecule has 3 N–H and O–H groups in total. The van der Waals surface area contributed by atoms with Gasteiger partial charge in [-0.3, -0.25) is 4.79 Å². The summed E-state index contributed by atoms with van der Waals surface area (Å²) in [5, 5.41) is 2.60. The summed E-state index contributed by atoms with van der Waals surface area (Å²) in [5.74, 6) is -0.951. The zero-order valence-electron chi connectivity index (χ0n) is 24.4. The molecule has 8 heteroatoms. The average molecular weight is 571 g/mol. The van der Waals surface area contributed by atoms with Gasteiger partial charge in [0.05, 0.1) is 0 Å². The lowest BCUT2D eigenvalue weighted by molar-refractivity contribution is -0.155. The molecular weight excluding hydrogens is 532 g/mol. The highest BCUT2D eigenvalue weighted by Gasteiger charge is 2.37. The van der Waals surface area contributed by atoms with E-state index in [1.54, 1.807) is 20.8 Å². The van der Waals surface area contributed by atoms with Crippen molar-refractivity contribution in [1.29, 1.82) is 0 Å². The van der Waals surface area contributed by atoms with Crippen LogP contribution in [0.3, 0.4) is 0 Å². The van der Waals surface area contributed by atoms with Crippen molar-refractivity contribution in [3.63, 3.8) is 0 Å². The van der Waals surface area contributed by atoms with Gasteiger partial charge in [-0.15, -0.1) is 0 Å². The summed E-state index contributed by atoms with van der Waals surface area (Å²) in [5.41, 5.74) is 10.3. The molecule has 0 radical (unpaired) electrons. The Morgan fingerprint density at radius 1 is 0.738 bits per heavy atom. The smallest absolute Gasteiger partial charge is 0.408 e. The van der Waals surface area contributed by atoms with Crippen molar-refractivity contribution in [3.05, 3.63) is 106 Å². The highest BCUT2D eigenvalue weighted by Crippen LogP contribution is 2.29. The molecule has 220 valence electrons. The van der Waals surface area contributed by atoms with Crippen LogP contribution < -0.4 is 11.1 Å². The summed E-state index contributed by atoms with van der Waals surface area (Å²) in [6, 6.07) is 23.4. The van der Waals surface area contributed by atoms with Crippen LogP contribution >= 0.6 is 0 Å². The molecule has 0 aromatic heterocycles. The van der Waals surface area contributed by atoms with E-state index in [9.17, 15) is 14.4 Å². The van der Waals surface area contributed by atoms with Gasteiger partial charge in [0, 0.05) is 32.1 Å². The zero-order chi connectivity index (χ0) is 29.9. The van der Waals surface area contributed by atoms with Crippen LogP contribution in [-0.4, -0.2) is 41.3 Å². The van der Waals surface area contributed by atoms with Gasteiger partial charge in [0.2, 0.25) is 0 Å². The largest absolute Gasteiger partial charge is 0.460 e. The number of carbonyl (C=O) groups is 3. The van der Waals surface area contributed by atoms with E-state index in [2.05, 4.69) is 17.4 Å². The first kappa shape index (κ1) is 29.3. The molecule has 0 heterocycles. The van der Waals surface area contributed by atoms with Crippen molar-refractivity contribution in [1.82, 2.24) is 5.32 Å². The third kappa shape index (κ3) is 6.99. The summed E-state index contributed by atoms with van der Waals surface area (Å²) in [4.78, 5) is 38.3. The van der Waals surface area contributed by atoms with Crippen LogP contribution in [0.25, 0.3) is 0 Å². The summed E-state index contributed by atoms with van der Waals surface area (Å²) in [7, 11) is 0. The number of esters is 2. The van der Waals surface area contributed by atoms with Crippen LogP contribution in [0.4, 0.5) is 4.79 Å². The topological polar surface area (TPSA) is 117 Å². The second-order valence-corrected chi connectivity index (χ2v) is 12.1. The highest BCUT2D eigenvalue weighted by atomic mass is 16.6. The molecule has 2 unspecified atom stereocenters. The third-order valence-electron chi connectivity index (χ3n) is 7.90. The highest BCUT2D eigenvalue weighted by molar-refractivity contribution is 5.85. The van der Waals surface area contributed by atoms with E-state index in [0.29, 0.717) is 32.1 Å². The standard InChI is InChI=1S/C34H38N2O6/c1-33(2,36-32(39)40-21-22-9-5-4-6-10-22)30(37)41-29-18-26-14-13-23(15-27(26)19-29)20-34(3,35)31(38)42-28-16-24-11-7-8-12-25(24)17-28/h4-15,28-29H,16-21,35H2,1-3H3,(H,36,39). The molecule has 3 aromatic rings. The van der Waals surface area contributed by atoms with E-state index >= 15 is 0 Å². The molecule has 2 aliphatic carbocycles. The Balaban J connectivity index is 1.11. The number of hydrogen-bond donors (Lipinski definition) is 2. The molecule has 8 nitrogen and oxygen atoms in total. The Morgan fingerprint density at radius 3 is 1.93 bits per heavy atom. The van der Waals surface area contributed by atoms with E-state index in [4.69, 9.17) is 19.9 Å². The lowest BCUT2D eigenvalue weighted by atomic mass is 9.92. The van der Waals surface area contributed by atoms with Gasteiger partial charge in [-0.25, -0.2) is 9.59 Å². The third-order valence-corrected chi connectivity index (χ3v) is 7.90. The molecule has 0 saturated carbocycles. The van der Waals surface area contributed by atoms with Crippen molar-refractivity contribution >= 4 is 18.0 Å². The van der Waals surface area contributed by atoms with Crippen LogP contribution in [0, 0.1) is 0 Å². The van der Waals surface area contributed by atoms with Gasteiger partial charge in [-0.1, -0.05) is 72.8 Å². The molecule has 0 spiro atoms. The first-order chi connectivity index (χ1) is 20.0. The molecule has 3 aromatic carbocycles. The Morgan fingerprint density at radius 2 is 1.29 bits per heavy atom. The van der Waals surface area contributed by atoms with Gasteiger partial charge in [0.1, 0.15) is 29.9 Å². The SMILES string of the molecule is CC(N)(Cc1ccc2c(c1)CC(OC(=O)C(C)(C)NC(=O)OCc1ccccc1)C2)C(=O)OC1Cc2ccccc2C1. The number of ether oxygens (including phenoxy) is 3. The normalized spacial score (nSPS) is 17.5. The number of rotatable bonds is 9. The van der Waals surface area contributed by atoms with Crippen molar-refractivity contribution in [2.75, 3.05) is 0 Å². The average Bonchev–Trinajstić information content (AvgIpc) is 3.54. The summed E-state index contributed by atoms with van der Waals surface area (Å²) < 4.78 is 16.9. The number of carbonyl (C=O) groups excluding carboxylic acids is 3. The molecule has 2 aliphatic rings. The molecule has 1 amide bonds. The molecule has 0 fully saturated rings. The lowest BCUT2D eigenvalue weighted by Gasteiger charge is -2.25. The van der Waals surface area contributed by atoms with Crippen LogP contribution in [-0.2, 0) is 62.5 Å². The van der Waals surface area contributed by atoms with Crippen LogP contribution in [0.15, 0.2) is 72.8 Å². The number of amides is 1. The van der Waals surface area contributed by atoms with Crippen molar-refractivity contribution < 1.29 is 28.6 Å². The second-order valence-electron chi connectivity index (χ2n) is 12.1. The number of benzene rings is 3. The first-order valence-electron chi connectivity index (χ1n) is 14.4. The monoisotopic (exact) mass is 570 g/mol. The quantitative estimate of drug-likeness (QED) is 0.290. The fourth-order valence-electron chi connectivity index (χ4n) is 5.57. The van der Waals surface area contributed by atoms with Crippen molar-refractivity contribution in [2.24, 2.45) is 5.73 Å². The molecular formula is C34H38N2O6. The van der Waals surface area contributed by atoms with E-state index < -0.39 is 29.1 Å². The van der Waals surface area contributed by atoms with Crippen LogP contribution in [0.5, 0.6) is 0 Å². The maximum atomic E-state index is 13.0. The Labute approximate surface area is 246 Å². The number of alkyl carbamates (subject to hydrolysis) is 1. The maximum absolute atomic E-state index is 13.0. The van der Waals surface area contributed by atoms with Gasteiger partial charge < -0.3 is 25.3 Å². The van der Waals surface area contributed by atoms with Crippen LogP contribution in [0.2, 0.25) is 0 Å². The number of nitrogens with two attached hydrogens (primary N) is 1. The second kappa shape index (κ2) is 12.0. The van der Waals surface area contributed by atoms with Crippen molar-refractivity contribution in [3.8, 4) is 0 Å². The Hall–Kier alpha value is -4.17. The van der Waals surface area contributed by atoms with Gasteiger partial charge in [-0.05, 0) is 54.2 Å². The van der Waals surface area contributed by atoms with Gasteiger partial charge >= 0.3 is 18.0 Å². The lowest BCUT2D eigenvalue weighted by Crippen LogP contribution is -2.51. The summed E-state index contributed by atoms with van der Waals surface area (Å²) in [6.45, 7) is 4.98. The van der Waals surface area contributed by atoms with Gasteiger partial charge in [0.25, 0.3) is 0 Å². The number of fused-ring (bicyclic) bond motifs is 2. The van der Waals surface area contributed by atoms with E-state index in [1.807, 2.05) is 60.7 Å². The van der Waals surface area contributed by atoms with Crippen LogP contribution in [0.1, 0.15) is 54.2 Å². The maximum Gasteiger partial charge on any atom is 0.408 e. The predicted octanol–water partition coefficient (Wildman–Crippen LogP) is 4.37. The number of nitrogens with one attached hydrogen (secondary N) is 1. The van der Waals surface area contributed by atoms with Gasteiger partial charge in [-0.2, -0.15) is 0 Å². The van der Waals surface area contributed by atoms with E-state index in [1.165, 1.54) is 11.1 Å². The zero-order valence-corrected chi connectivity index (χ0v) is 24.4. The number of hydrogen-bond acceptors (Lipinski definition) is 7. The molecule has 2 atom stereocenters. The fourth-order valence-corrected chi connectivity index (χ4v) is 5.57. The molecule has 42 heavy (non-hydrogen) atoms. The van der Waals surface area contributed by atoms with E-state index in [-0.39, 0.29) is 18.8 Å². The fraction of sp³-hybridized carbons (Fsp3) is 0.382. The van der Waals surface area contributed by atoms with E-state index in [0.717, 1.165) is 22.3 Å². The molecule has 5 rings (SSSR count). The minimum atomic E-state index is -1.27. The first-order valence-corrected chi connectivity index (χ1v) is 14.4. The summed E-state index contributed by atoms with van der Waals surface area (Å²) >= 11 is 0. The minimum Gasteiger partial charge on any atom is -0.460 e. The van der Waals surface area contributed by atoms with Gasteiger partial charge in [0.15, 0.2) is 0 Å². The van der Waals surface area contributed by atoms with Crippen molar-refractivity contribution in [2.45, 2.75) is 82.8 Å². The summed E-state index contributed by atoms with van der Waals surface area (Å²) in [6.07, 6.45) is 1.60. The predicted molar refractivity (Wildman–Crippen MR) is 158 cm³/mol.